The van der Waals surface area contributed by atoms with Crippen molar-refractivity contribution in [2.24, 2.45) is 5.92 Å². The normalized spacial score (nSPS) is 26.1. The number of anilines is 1. The summed E-state index contributed by atoms with van der Waals surface area (Å²) in [5.74, 6) is -2.02. The van der Waals surface area contributed by atoms with Gasteiger partial charge in [-0.15, -0.1) is 0 Å². The lowest BCUT2D eigenvalue weighted by Gasteiger charge is -2.36. The van der Waals surface area contributed by atoms with Crippen LogP contribution in [-0.2, 0) is 10.3 Å². The molecule has 1 spiro atoms. The van der Waals surface area contributed by atoms with E-state index in [-0.39, 0.29) is 23.4 Å². The minimum Gasteiger partial charge on any atom is -0.497 e. The van der Waals surface area contributed by atoms with E-state index in [4.69, 9.17) is 4.74 Å². The van der Waals surface area contributed by atoms with Crippen LogP contribution in [0.1, 0.15) is 40.2 Å². The largest absolute Gasteiger partial charge is 0.497 e. The van der Waals surface area contributed by atoms with E-state index in [1.807, 2.05) is 4.90 Å². The van der Waals surface area contributed by atoms with E-state index >= 15 is 0 Å². The minimum atomic E-state index is -1.44. The fourth-order valence-corrected chi connectivity index (χ4v) is 6.69. The number of hydrogen-bond donors (Lipinski definition) is 1. The van der Waals surface area contributed by atoms with Crippen molar-refractivity contribution in [1.82, 2.24) is 4.90 Å². The van der Waals surface area contributed by atoms with E-state index in [0.717, 1.165) is 6.42 Å². The van der Waals surface area contributed by atoms with Crippen LogP contribution in [0.2, 0.25) is 0 Å². The summed E-state index contributed by atoms with van der Waals surface area (Å²) in [4.78, 5) is 41.5. The predicted molar refractivity (Wildman–Crippen MR) is 133 cm³/mol. The number of non-ortho nitro benzene ring substituents is 1. The average molecular weight is 502 g/mol. The van der Waals surface area contributed by atoms with Crippen LogP contribution in [0.5, 0.6) is 5.75 Å². The van der Waals surface area contributed by atoms with Crippen molar-refractivity contribution in [3.05, 3.63) is 99.4 Å². The minimum absolute atomic E-state index is 0.0824. The fraction of sp³-hybridized carbons (Fsp3) is 0.286. The van der Waals surface area contributed by atoms with E-state index in [9.17, 15) is 24.1 Å². The van der Waals surface area contributed by atoms with Crippen LogP contribution in [-0.4, -0.2) is 41.2 Å². The van der Waals surface area contributed by atoms with Crippen molar-refractivity contribution in [3.63, 3.8) is 0 Å². The number of ketones is 1. The second kappa shape index (κ2) is 8.48. The molecule has 1 N–H and O–H groups in total. The Morgan fingerprint density at radius 3 is 2.68 bits per heavy atom. The molecule has 4 atom stereocenters. The van der Waals surface area contributed by atoms with Gasteiger partial charge >= 0.3 is 0 Å². The van der Waals surface area contributed by atoms with Crippen molar-refractivity contribution in [3.8, 4) is 5.75 Å². The van der Waals surface area contributed by atoms with Crippen LogP contribution in [0, 0.1) is 21.8 Å². The van der Waals surface area contributed by atoms with Crippen molar-refractivity contribution in [1.29, 1.82) is 0 Å². The number of halogens is 1. The molecule has 0 aromatic heterocycles. The van der Waals surface area contributed by atoms with E-state index < -0.39 is 28.1 Å². The third-order valence-electron chi connectivity index (χ3n) is 8.09. The molecule has 3 aromatic carbocycles. The maximum Gasteiger partial charge on any atom is 0.269 e. The van der Waals surface area contributed by atoms with E-state index in [0.29, 0.717) is 41.1 Å². The standard InChI is InChI=1S/C28H24FN3O5/c1-37-20-10-7-16(8-11-20)26(33)25-24(17-4-2-5-19(14-17)32(35)36)23-6-3-13-31(23)28(25)21-15-18(29)9-12-22(21)30-27(28)34/h2,4-5,7-12,14-15,23-25H,3,6,13H2,1H3,(H,30,34)/t23?,24?,25?,28-/m1/s1. The number of carbonyl (C=O) groups is 2. The van der Waals surface area contributed by atoms with Gasteiger partial charge in [0.1, 0.15) is 17.1 Å². The summed E-state index contributed by atoms with van der Waals surface area (Å²) in [6, 6.07) is 16.9. The number of nitro benzene ring substituents is 1. The van der Waals surface area contributed by atoms with Gasteiger partial charge < -0.3 is 10.1 Å². The number of amides is 1. The van der Waals surface area contributed by atoms with Crippen molar-refractivity contribution in [2.75, 3.05) is 19.0 Å². The SMILES string of the molecule is COc1ccc(C(=O)C2C(c3cccc([N+](=O)[O-])c3)C3CCCN3[C@@]23C(=O)Nc2ccc(F)cc23)cc1. The van der Waals surface area contributed by atoms with Crippen molar-refractivity contribution >= 4 is 23.1 Å². The molecule has 3 aromatic rings. The second-order valence-corrected chi connectivity index (χ2v) is 9.76. The van der Waals surface area contributed by atoms with Gasteiger partial charge in [-0.1, -0.05) is 12.1 Å². The highest BCUT2D eigenvalue weighted by molar-refractivity contribution is 6.12. The highest BCUT2D eigenvalue weighted by Crippen LogP contribution is 2.61. The molecule has 1 amide bonds. The first kappa shape index (κ1) is 23.3. The molecule has 0 radical (unpaired) electrons. The average Bonchev–Trinajstić information content (AvgIpc) is 3.57. The zero-order valence-electron chi connectivity index (χ0n) is 20.0. The molecule has 188 valence electrons. The summed E-state index contributed by atoms with van der Waals surface area (Å²) < 4.78 is 19.9. The summed E-state index contributed by atoms with van der Waals surface area (Å²) in [6.07, 6.45) is 1.50. The van der Waals surface area contributed by atoms with Gasteiger partial charge in [0.15, 0.2) is 5.78 Å². The van der Waals surface area contributed by atoms with Gasteiger partial charge in [-0.05, 0) is 67.4 Å². The third kappa shape index (κ3) is 3.30. The number of nitrogens with zero attached hydrogens (tertiary/aromatic N) is 2. The third-order valence-corrected chi connectivity index (χ3v) is 8.09. The molecule has 3 aliphatic rings. The van der Waals surface area contributed by atoms with Gasteiger partial charge in [-0.3, -0.25) is 24.6 Å². The quantitative estimate of drug-likeness (QED) is 0.310. The Balaban J connectivity index is 1.60. The van der Waals surface area contributed by atoms with Crippen LogP contribution in [0.25, 0.3) is 0 Å². The maximum atomic E-state index is 14.6. The number of methoxy groups -OCH3 is 1. The highest BCUT2D eigenvalue weighted by atomic mass is 19.1. The predicted octanol–water partition coefficient (Wildman–Crippen LogP) is 4.65. The first-order valence-electron chi connectivity index (χ1n) is 12.2. The molecule has 9 heteroatoms. The second-order valence-electron chi connectivity index (χ2n) is 9.76. The molecule has 0 bridgehead atoms. The zero-order valence-corrected chi connectivity index (χ0v) is 20.0. The molecular weight excluding hydrogens is 477 g/mol. The molecule has 2 saturated heterocycles. The highest BCUT2D eigenvalue weighted by Gasteiger charge is 2.69. The summed E-state index contributed by atoms with van der Waals surface area (Å²) >= 11 is 0. The maximum absolute atomic E-state index is 14.6. The van der Waals surface area contributed by atoms with E-state index in [1.165, 1.54) is 37.4 Å². The lowest BCUT2D eigenvalue weighted by molar-refractivity contribution is -0.384. The van der Waals surface area contributed by atoms with Crippen LogP contribution < -0.4 is 10.1 Å². The molecule has 3 aliphatic heterocycles. The van der Waals surface area contributed by atoms with Crippen molar-refractivity contribution in [2.45, 2.75) is 30.3 Å². The van der Waals surface area contributed by atoms with Gasteiger partial charge in [0.2, 0.25) is 5.91 Å². The van der Waals surface area contributed by atoms with Gasteiger partial charge in [-0.2, -0.15) is 0 Å². The van der Waals surface area contributed by atoms with Gasteiger partial charge in [0, 0.05) is 40.9 Å². The fourth-order valence-electron chi connectivity index (χ4n) is 6.69. The lowest BCUT2D eigenvalue weighted by atomic mass is 9.68. The van der Waals surface area contributed by atoms with Crippen LogP contribution in [0.4, 0.5) is 15.8 Å². The van der Waals surface area contributed by atoms with Crippen LogP contribution in [0.3, 0.4) is 0 Å². The molecule has 0 saturated carbocycles. The number of hydrogen-bond acceptors (Lipinski definition) is 6. The Morgan fingerprint density at radius 1 is 1.16 bits per heavy atom. The lowest BCUT2D eigenvalue weighted by Crippen LogP contribution is -2.52. The van der Waals surface area contributed by atoms with Crippen molar-refractivity contribution < 1.29 is 23.6 Å². The number of nitro groups is 1. The van der Waals surface area contributed by atoms with Gasteiger partial charge in [0.25, 0.3) is 5.69 Å². The smallest absolute Gasteiger partial charge is 0.269 e. The number of rotatable bonds is 5. The molecule has 6 rings (SSSR count). The van der Waals surface area contributed by atoms with Crippen LogP contribution in [0.15, 0.2) is 66.7 Å². The molecule has 3 heterocycles. The number of fused-ring (bicyclic) bond motifs is 4. The van der Waals surface area contributed by atoms with Gasteiger partial charge in [-0.25, -0.2) is 4.39 Å². The number of benzene rings is 3. The first-order valence-corrected chi connectivity index (χ1v) is 12.2. The molecule has 8 nitrogen and oxygen atoms in total. The monoisotopic (exact) mass is 501 g/mol. The van der Waals surface area contributed by atoms with Gasteiger partial charge in [0.05, 0.1) is 18.0 Å². The Hall–Kier alpha value is -4.11. The number of nitrogens with one attached hydrogen (secondary N) is 1. The number of ether oxygens (including phenoxy) is 1. The molecule has 2 fully saturated rings. The topological polar surface area (TPSA) is 102 Å². The molecule has 37 heavy (non-hydrogen) atoms. The molecule has 0 aliphatic carbocycles. The first-order chi connectivity index (χ1) is 17.9. The zero-order chi connectivity index (χ0) is 25.9. The Kier molecular flexibility index (Phi) is 5.34. The summed E-state index contributed by atoms with van der Waals surface area (Å²) in [6.45, 7) is 0.547. The molecular formula is C28H24FN3O5. The van der Waals surface area contributed by atoms with E-state index in [1.54, 1.807) is 36.4 Å². The number of Topliss-reactive ketones (excluding diaryl/α,β-unsaturated/α-hetero) is 1. The number of carbonyl (C=O) groups excluding carboxylic acids is 2. The summed E-state index contributed by atoms with van der Waals surface area (Å²) in [7, 11) is 1.53. The Bertz CT molecular complexity index is 1440. The molecule has 3 unspecified atom stereocenters. The summed E-state index contributed by atoms with van der Waals surface area (Å²) in [5, 5.41) is 14.5. The van der Waals surface area contributed by atoms with E-state index in [2.05, 4.69) is 5.32 Å². The van der Waals surface area contributed by atoms with Crippen LogP contribution >= 0.6 is 0 Å². The Morgan fingerprint density at radius 2 is 1.95 bits per heavy atom. The Labute approximate surface area is 212 Å². The summed E-state index contributed by atoms with van der Waals surface area (Å²) in [5.41, 5.74) is 0.395.